The second-order valence-electron chi connectivity index (χ2n) is 6.75. The number of piperidine rings is 1. The number of ether oxygens (including phenoxy) is 1. The molecule has 1 aliphatic heterocycles. The highest BCUT2D eigenvalue weighted by atomic mass is 35.5. The molecule has 1 saturated heterocycles. The summed E-state index contributed by atoms with van der Waals surface area (Å²) in [6.45, 7) is 0.688. The van der Waals surface area contributed by atoms with Crippen LogP contribution in [0.15, 0.2) is 48.5 Å². The van der Waals surface area contributed by atoms with Crippen LogP contribution in [0.4, 0.5) is 5.69 Å². The van der Waals surface area contributed by atoms with E-state index in [4.69, 9.17) is 16.3 Å². The largest absolute Gasteiger partial charge is 0.495 e. The number of nitrogens with one attached hydrogen (secondary N) is 1. The molecule has 1 fully saturated rings. The molecule has 1 aliphatic rings. The average Bonchev–Trinajstić information content (AvgIpc) is 2.69. The van der Waals surface area contributed by atoms with E-state index >= 15 is 0 Å². The van der Waals surface area contributed by atoms with Gasteiger partial charge in [-0.3, -0.25) is 4.79 Å². The summed E-state index contributed by atoms with van der Waals surface area (Å²) in [5, 5.41) is 3.27. The molecule has 1 heterocycles. The highest BCUT2D eigenvalue weighted by molar-refractivity contribution is 7.88. The van der Waals surface area contributed by atoms with Gasteiger partial charge in [-0.2, -0.15) is 0 Å². The molecule has 0 radical (unpaired) electrons. The molecule has 2 aromatic rings. The molecule has 3 rings (SSSR count). The lowest BCUT2D eigenvalue weighted by molar-refractivity contribution is -0.120. The Morgan fingerprint density at radius 3 is 2.46 bits per heavy atom. The van der Waals surface area contributed by atoms with Gasteiger partial charge in [-0.15, -0.1) is 0 Å². The first-order chi connectivity index (χ1) is 13.4. The Labute approximate surface area is 170 Å². The summed E-state index contributed by atoms with van der Waals surface area (Å²) in [4.78, 5) is 12.5. The van der Waals surface area contributed by atoms with Gasteiger partial charge in [0.05, 0.1) is 17.9 Å². The van der Waals surface area contributed by atoms with Crippen LogP contribution in [0.1, 0.15) is 18.4 Å². The number of anilines is 1. The van der Waals surface area contributed by atoms with Crippen LogP contribution in [0.2, 0.25) is 5.02 Å². The summed E-state index contributed by atoms with van der Waals surface area (Å²) in [5.41, 5.74) is 1.36. The zero-order valence-corrected chi connectivity index (χ0v) is 17.2. The zero-order valence-electron chi connectivity index (χ0n) is 15.6. The van der Waals surface area contributed by atoms with Gasteiger partial charge in [-0.1, -0.05) is 41.9 Å². The third kappa shape index (κ3) is 5.04. The quantitative estimate of drug-likeness (QED) is 0.772. The van der Waals surface area contributed by atoms with Crippen LogP contribution in [0.25, 0.3) is 0 Å². The van der Waals surface area contributed by atoms with Crippen molar-refractivity contribution in [1.82, 2.24) is 4.31 Å². The van der Waals surface area contributed by atoms with E-state index in [9.17, 15) is 13.2 Å². The molecule has 0 bridgehead atoms. The van der Waals surface area contributed by atoms with Crippen molar-refractivity contribution in [1.29, 1.82) is 0 Å². The molecule has 6 nitrogen and oxygen atoms in total. The van der Waals surface area contributed by atoms with Gasteiger partial charge in [0.1, 0.15) is 5.75 Å². The smallest absolute Gasteiger partial charge is 0.227 e. The fraction of sp³-hybridized carbons (Fsp3) is 0.350. The summed E-state index contributed by atoms with van der Waals surface area (Å²) in [6.07, 6.45) is 0.980. The Morgan fingerprint density at radius 2 is 1.86 bits per heavy atom. The fourth-order valence-corrected chi connectivity index (χ4v) is 5.08. The van der Waals surface area contributed by atoms with Crippen molar-refractivity contribution in [2.24, 2.45) is 5.92 Å². The average molecular weight is 423 g/mol. The van der Waals surface area contributed by atoms with Gasteiger partial charge in [0.2, 0.25) is 15.9 Å². The monoisotopic (exact) mass is 422 g/mol. The van der Waals surface area contributed by atoms with Crippen LogP contribution in [-0.2, 0) is 20.6 Å². The van der Waals surface area contributed by atoms with Crippen LogP contribution in [0.3, 0.4) is 0 Å². The van der Waals surface area contributed by atoms with Crippen LogP contribution in [0, 0.1) is 5.92 Å². The highest BCUT2D eigenvalue weighted by Crippen LogP contribution is 2.28. The Bertz CT molecular complexity index is 926. The number of benzene rings is 2. The first-order valence-corrected chi connectivity index (χ1v) is 11.0. The number of carbonyl (C=O) groups is 1. The number of amides is 1. The number of rotatable bonds is 6. The van der Waals surface area contributed by atoms with Gasteiger partial charge in [-0.05, 0) is 36.6 Å². The van der Waals surface area contributed by atoms with E-state index in [1.54, 1.807) is 30.3 Å². The number of sulfonamides is 1. The van der Waals surface area contributed by atoms with E-state index in [-0.39, 0.29) is 17.6 Å². The predicted molar refractivity (Wildman–Crippen MR) is 110 cm³/mol. The molecule has 28 heavy (non-hydrogen) atoms. The van der Waals surface area contributed by atoms with E-state index < -0.39 is 10.0 Å². The fourth-order valence-electron chi connectivity index (χ4n) is 3.26. The Hall–Kier alpha value is -2.09. The number of hydrogen-bond donors (Lipinski definition) is 1. The molecule has 0 saturated carbocycles. The number of nitrogens with zero attached hydrogens (tertiary/aromatic N) is 1. The number of methoxy groups -OCH3 is 1. The molecule has 0 aliphatic carbocycles. The predicted octanol–water partition coefficient (Wildman–Crippen LogP) is 3.53. The molecule has 1 amide bonds. The van der Waals surface area contributed by atoms with Gasteiger partial charge >= 0.3 is 0 Å². The van der Waals surface area contributed by atoms with E-state index in [1.807, 2.05) is 18.2 Å². The molecule has 150 valence electrons. The number of halogens is 1. The van der Waals surface area contributed by atoms with Crippen LogP contribution >= 0.6 is 11.6 Å². The molecular formula is C20H23ClN2O4S. The minimum Gasteiger partial charge on any atom is -0.495 e. The maximum Gasteiger partial charge on any atom is 0.227 e. The van der Waals surface area contributed by atoms with Crippen LogP contribution < -0.4 is 10.1 Å². The first kappa shape index (κ1) is 20.6. The first-order valence-electron chi connectivity index (χ1n) is 9.05. The summed E-state index contributed by atoms with van der Waals surface area (Å²) >= 11 is 6.08. The van der Waals surface area contributed by atoms with Crippen molar-refractivity contribution in [2.45, 2.75) is 18.6 Å². The van der Waals surface area contributed by atoms with E-state index in [2.05, 4.69) is 5.32 Å². The lowest BCUT2D eigenvalue weighted by atomic mass is 9.97. The minimum atomic E-state index is -3.39. The van der Waals surface area contributed by atoms with Gasteiger partial charge in [-0.25, -0.2) is 12.7 Å². The Morgan fingerprint density at radius 1 is 1.18 bits per heavy atom. The minimum absolute atomic E-state index is 0.0188. The summed E-state index contributed by atoms with van der Waals surface area (Å²) in [6, 6.07) is 14.2. The van der Waals surface area contributed by atoms with Gasteiger partial charge < -0.3 is 10.1 Å². The zero-order chi connectivity index (χ0) is 20.1. The Balaban J connectivity index is 1.56. The maximum atomic E-state index is 12.6. The van der Waals surface area contributed by atoms with Crippen LogP contribution in [0.5, 0.6) is 5.75 Å². The van der Waals surface area contributed by atoms with Crippen molar-refractivity contribution in [3.05, 3.63) is 59.1 Å². The highest BCUT2D eigenvalue weighted by Gasteiger charge is 2.31. The lowest BCUT2D eigenvalue weighted by Crippen LogP contribution is -2.41. The number of hydrogen-bond acceptors (Lipinski definition) is 4. The SMILES string of the molecule is COc1ccc(NC(=O)C2CCN(S(=O)(=O)Cc3ccccc3)CC2)cc1Cl. The standard InChI is InChI=1S/C20H23ClN2O4S/c1-27-19-8-7-17(13-18(19)21)22-20(24)16-9-11-23(12-10-16)28(25,26)14-15-5-3-2-4-6-15/h2-8,13,16H,9-12,14H2,1H3,(H,22,24). The second-order valence-corrected chi connectivity index (χ2v) is 9.13. The third-order valence-corrected chi connectivity index (χ3v) is 6.97. The molecule has 8 heteroatoms. The van der Waals surface area contributed by atoms with Crippen molar-refractivity contribution >= 4 is 33.2 Å². The number of carbonyl (C=O) groups excluding carboxylic acids is 1. The third-order valence-electron chi connectivity index (χ3n) is 4.83. The Kier molecular flexibility index (Phi) is 6.59. The van der Waals surface area contributed by atoms with Crippen molar-refractivity contribution in [3.8, 4) is 5.75 Å². The van der Waals surface area contributed by atoms with Crippen molar-refractivity contribution in [2.75, 3.05) is 25.5 Å². The van der Waals surface area contributed by atoms with E-state index in [1.165, 1.54) is 11.4 Å². The van der Waals surface area contributed by atoms with Crippen molar-refractivity contribution in [3.63, 3.8) is 0 Å². The second kappa shape index (κ2) is 8.94. The molecular weight excluding hydrogens is 400 g/mol. The van der Waals surface area contributed by atoms with Crippen molar-refractivity contribution < 1.29 is 17.9 Å². The molecule has 2 aromatic carbocycles. The van der Waals surface area contributed by atoms with E-state index in [0.29, 0.717) is 42.4 Å². The van der Waals surface area contributed by atoms with Gasteiger partial charge in [0.25, 0.3) is 0 Å². The summed E-state index contributed by atoms with van der Waals surface area (Å²) in [7, 11) is -1.86. The summed E-state index contributed by atoms with van der Waals surface area (Å²) in [5.74, 6) is 0.164. The van der Waals surface area contributed by atoms with E-state index in [0.717, 1.165) is 5.56 Å². The molecule has 0 spiro atoms. The van der Waals surface area contributed by atoms with Gasteiger partial charge in [0, 0.05) is 24.7 Å². The van der Waals surface area contributed by atoms with Gasteiger partial charge in [0.15, 0.2) is 0 Å². The molecule has 0 aromatic heterocycles. The molecule has 0 unspecified atom stereocenters. The maximum absolute atomic E-state index is 12.6. The topological polar surface area (TPSA) is 75.7 Å². The molecule has 0 atom stereocenters. The lowest BCUT2D eigenvalue weighted by Gasteiger charge is -2.30. The summed E-state index contributed by atoms with van der Waals surface area (Å²) < 4.78 is 31.8. The van der Waals surface area contributed by atoms with Crippen LogP contribution in [-0.4, -0.2) is 38.8 Å². The normalized spacial score (nSPS) is 15.9. The molecule has 1 N–H and O–H groups in total.